The zero-order valence-corrected chi connectivity index (χ0v) is 10.8. The highest BCUT2D eigenvalue weighted by atomic mass is 16.1. The second-order valence-corrected chi connectivity index (χ2v) is 4.19. The lowest BCUT2D eigenvalue weighted by Gasteiger charge is -2.22. The van der Waals surface area contributed by atoms with E-state index in [0.717, 1.165) is 10.9 Å². The molecule has 0 radical (unpaired) electrons. The summed E-state index contributed by atoms with van der Waals surface area (Å²) in [5.41, 5.74) is 1.48. The average molecular weight is 243 g/mol. The van der Waals surface area contributed by atoms with Crippen LogP contribution in [0.5, 0.6) is 0 Å². The van der Waals surface area contributed by atoms with Crippen LogP contribution in [0.2, 0.25) is 0 Å². The van der Waals surface area contributed by atoms with Gasteiger partial charge in [-0.05, 0) is 24.6 Å². The van der Waals surface area contributed by atoms with E-state index < -0.39 is 0 Å². The zero-order valence-electron chi connectivity index (χ0n) is 10.8. The van der Waals surface area contributed by atoms with Crippen molar-refractivity contribution in [2.24, 2.45) is 0 Å². The van der Waals surface area contributed by atoms with Gasteiger partial charge in [-0.2, -0.15) is 0 Å². The molecular formula is C14H17N3O. The summed E-state index contributed by atoms with van der Waals surface area (Å²) in [6, 6.07) is 5.77. The van der Waals surface area contributed by atoms with Crippen LogP contribution in [-0.2, 0) is 6.42 Å². The van der Waals surface area contributed by atoms with E-state index in [0.29, 0.717) is 18.6 Å². The lowest BCUT2D eigenvalue weighted by Crippen LogP contribution is -2.41. The van der Waals surface area contributed by atoms with Gasteiger partial charge in [0.2, 0.25) is 0 Å². The van der Waals surface area contributed by atoms with Crippen LogP contribution in [0.4, 0.5) is 0 Å². The van der Waals surface area contributed by atoms with Gasteiger partial charge in [0.25, 0.3) is 5.56 Å². The van der Waals surface area contributed by atoms with Crippen LogP contribution < -0.4 is 10.6 Å². The molecule has 0 aromatic carbocycles. The largest absolute Gasteiger partial charge is 0.307 e. The third-order valence-corrected chi connectivity index (χ3v) is 2.93. The lowest BCUT2D eigenvalue weighted by molar-refractivity contribution is 0.678. The number of hydrogen-bond acceptors (Lipinski definition) is 3. The smallest absolute Gasteiger partial charge is 0.274 e. The second kappa shape index (κ2) is 5.04. The Morgan fingerprint density at radius 3 is 3.00 bits per heavy atom. The molecule has 0 N–H and O–H groups in total. The van der Waals surface area contributed by atoms with Crippen molar-refractivity contribution < 1.29 is 0 Å². The van der Waals surface area contributed by atoms with E-state index in [-0.39, 0.29) is 5.56 Å². The summed E-state index contributed by atoms with van der Waals surface area (Å²) in [5, 5.41) is 2.80. The van der Waals surface area contributed by atoms with Crippen molar-refractivity contribution >= 4 is 11.0 Å². The molecule has 0 unspecified atom stereocenters. The number of hydrogen-bond donors (Lipinski definition) is 0. The van der Waals surface area contributed by atoms with Crippen LogP contribution in [0.1, 0.15) is 12.5 Å². The first-order valence-corrected chi connectivity index (χ1v) is 6.01. The van der Waals surface area contributed by atoms with Crippen molar-refractivity contribution in [3.63, 3.8) is 0 Å². The van der Waals surface area contributed by atoms with Crippen molar-refractivity contribution in [2.45, 2.75) is 13.3 Å². The fraction of sp³-hybridized carbons (Fsp3) is 0.286. The first-order chi connectivity index (χ1) is 8.69. The zero-order chi connectivity index (χ0) is 13.1. The van der Waals surface area contributed by atoms with Gasteiger partial charge in [-0.25, -0.2) is 9.66 Å². The SMILES string of the molecule is C=CCN(C)n1c(=O)c(CC)cc2cccnc21. The Morgan fingerprint density at radius 2 is 2.33 bits per heavy atom. The molecule has 0 fully saturated rings. The monoisotopic (exact) mass is 243 g/mol. The number of nitrogens with zero attached hydrogens (tertiary/aromatic N) is 3. The summed E-state index contributed by atoms with van der Waals surface area (Å²) >= 11 is 0. The van der Waals surface area contributed by atoms with E-state index in [9.17, 15) is 4.79 Å². The molecular weight excluding hydrogens is 226 g/mol. The maximum absolute atomic E-state index is 12.4. The summed E-state index contributed by atoms with van der Waals surface area (Å²) in [4.78, 5) is 16.7. The van der Waals surface area contributed by atoms with E-state index in [1.54, 1.807) is 16.9 Å². The van der Waals surface area contributed by atoms with Gasteiger partial charge in [0.15, 0.2) is 5.65 Å². The van der Waals surface area contributed by atoms with Gasteiger partial charge in [0, 0.05) is 24.2 Å². The number of aryl methyl sites for hydroxylation is 1. The molecule has 18 heavy (non-hydrogen) atoms. The summed E-state index contributed by atoms with van der Waals surface area (Å²) in [6.45, 7) is 6.28. The fourth-order valence-corrected chi connectivity index (χ4v) is 2.02. The number of pyridine rings is 2. The van der Waals surface area contributed by atoms with Crippen LogP contribution in [0.15, 0.2) is 41.8 Å². The van der Waals surface area contributed by atoms with Gasteiger partial charge in [0.05, 0.1) is 6.54 Å². The first kappa shape index (κ1) is 12.4. The third-order valence-electron chi connectivity index (χ3n) is 2.93. The summed E-state index contributed by atoms with van der Waals surface area (Å²) < 4.78 is 1.62. The summed E-state index contributed by atoms with van der Waals surface area (Å²) in [7, 11) is 1.86. The topological polar surface area (TPSA) is 38.1 Å². The van der Waals surface area contributed by atoms with E-state index >= 15 is 0 Å². The van der Waals surface area contributed by atoms with Crippen LogP contribution in [-0.4, -0.2) is 23.3 Å². The highest BCUT2D eigenvalue weighted by Gasteiger charge is 2.11. The van der Waals surface area contributed by atoms with E-state index in [1.165, 1.54) is 0 Å². The van der Waals surface area contributed by atoms with Crippen molar-refractivity contribution in [1.29, 1.82) is 0 Å². The van der Waals surface area contributed by atoms with Gasteiger partial charge >= 0.3 is 0 Å². The number of rotatable bonds is 4. The average Bonchev–Trinajstić information content (AvgIpc) is 2.38. The molecule has 2 rings (SSSR count). The number of aromatic nitrogens is 2. The second-order valence-electron chi connectivity index (χ2n) is 4.19. The molecule has 4 nitrogen and oxygen atoms in total. The van der Waals surface area contributed by atoms with Gasteiger partial charge < -0.3 is 5.01 Å². The summed E-state index contributed by atoms with van der Waals surface area (Å²) in [6.07, 6.45) is 4.18. The van der Waals surface area contributed by atoms with E-state index in [4.69, 9.17) is 0 Å². The highest BCUT2D eigenvalue weighted by Crippen LogP contribution is 2.11. The molecule has 0 saturated heterocycles. The van der Waals surface area contributed by atoms with Crippen LogP contribution in [0, 0.1) is 0 Å². The van der Waals surface area contributed by atoms with Crippen molar-refractivity contribution in [2.75, 3.05) is 18.6 Å². The molecule has 2 aromatic rings. The maximum atomic E-state index is 12.4. The molecule has 2 heterocycles. The molecule has 0 bridgehead atoms. The number of likely N-dealkylation sites (N-methyl/N-ethyl adjacent to an activating group) is 1. The molecule has 0 saturated carbocycles. The Morgan fingerprint density at radius 1 is 1.56 bits per heavy atom. The summed E-state index contributed by atoms with van der Waals surface area (Å²) in [5.74, 6) is 0. The molecule has 0 amide bonds. The van der Waals surface area contributed by atoms with Gasteiger partial charge in [-0.3, -0.25) is 4.79 Å². The van der Waals surface area contributed by atoms with Gasteiger partial charge in [-0.1, -0.05) is 13.0 Å². The van der Waals surface area contributed by atoms with Crippen LogP contribution >= 0.6 is 0 Å². The van der Waals surface area contributed by atoms with Crippen molar-refractivity contribution in [3.05, 3.63) is 53.0 Å². The Hall–Kier alpha value is -2.10. The molecule has 2 aromatic heterocycles. The minimum atomic E-state index is -0.00644. The first-order valence-electron chi connectivity index (χ1n) is 6.01. The molecule has 0 aliphatic rings. The van der Waals surface area contributed by atoms with Crippen molar-refractivity contribution in [1.82, 2.24) is 9.66 Å². The number of fused-ring (bicyclic) bond motifs is 1. The van der Waals surface area contributed by atoms with E-state index in [2.05, 4.69) is 11.6 Å². The Labute approximate surface area is 106 Å². The highest BCUT2D eigenvalue weighted by molar-refractivity contribution is 5.75. The Bertz CT molecular complexity index is 630. The van der Waals surface area contributed by atoms with Crippen LogP contribution in [0.25, 0.3) is 11.0 Å². The quantitative estimate of drug-likeness (QED) is 0.767. The molecule has 0 aliphatic carbocycles. The molecule has 0 spiro atoms. The van der Waals surface area contributed by atoms with E-state index in [1.807, 2.05) is 37.2 Å². The lowest BCUT2D eigenvalue weighted by atomic mass is 10.2. The predicted molar refractivity (Wildman–Crippen MR) is 74.6 cm³/mol. The van der Waals surface area contributed by atoms with Crippen molar-refractivity contribution in [3.8, 4) is 0 Å². The minimum Gasteiger partial charge on any atom is -0.307 e. The predicted octanol–water partition coefficient (Wildman–Crippen LogP) is 1.71. The normalized spacial score (nSPS) is 10.6. The van der Waals surface area contributed by atoms with Gasteiger partial charge in [-0.15, -0.1) is 6.58 Å². The molecule has 94 valence electrons. The van der Waals surface area contributed by atoms with Crippen LogP contribution in [0.3, 0.4) is 0 Å². The minimum absolute atomic E-state index is 0.00644. The molecule has 0 aliphatic heterocycles. The third kappa shape index (κ3) is 2.01. The molecule has 4 heteroatoms. The Kier molecular flexibility index (Phi) is 3.46. The van der Waals surface area contributed by atoms with Gasteiger partial charge in [0.1, 0.15) is 0 Å². The standard InChI is InChI=1S/C14H17N3O/c1-4-9-16(3)17-13-12(7-6-8-15-13)10-11(5-2)14(17)18/h4,6-8,10H,1,5,9H2,2-3H3. The molecule has 0 atom stereocenters. The Balaban J connectivity index is 2.78. The maximum Gasteiger partial charge on any atom is 0.274 e. The fourth-order valence-electron chi connectivity index (χ4n) is 2.02.